The summed E-state index contributed by atoms with van der Waals surface area (Å²) < 4.78 is 5.21. The van der Waals surface area contributed by atoms with Crippen LogP contribution >= 0.6 is 0 Å². The van der Waals surface area contributed by atoms with Gasteiger partial charge in [0.15, 0.2) is 11.6 Å². The molecular formula is C28H38N4O2. The average molecular weight is 463 g/mol. The number of aryl methyl sites for hydroxylation is 1. The number of rotatable bonds is 9. The molecule has 1 saturated heterocycles. The number of ether oxygens (including phenoxy) is 1. The quantitative estimate of drug-likeness (QED) is 0.477. The lowest BCUT2D eigenvalue weighted by Crippen LogP contribution is -2.39. The van der Waals surface area contributed by atoms with Gasteiger partial charge < -0.3 is 9.64 Å². The zero-order chi connectivity index (χ0) is 24.1. The highest BCUT2D eigenvalue weighted by atomic mass is 16.5. The maximum absolute atomic E-state index is 13.7. The third-order valence-electron chi connectivity index (χ3n) is 7.36. The van der Waals surface area contributed by atoms with Crippen molar-refractivity contribution in [3.63, 3.8) is 0 Å². The first-order chi connectivity index (χ1) is 16.5. The highest BCUT2D eigenvalue weighted by Crippen LogP contribution is 2.42. The normalized spacial score (nSPS) is 17.3. The number of piperidine rings is 1. The standard InChI is InChI=1S/C28H38N4O2/c1-5-7-9-19(3)21-12-14-32(15-13-21)28(33)24-17-25(27-29-26(18-34-4)30-31-27)23(16-20(24)6-2)22-10-8-11-22/h7,9,16-17,21-22H,3,5-6,8,10-15,18H2,1-2,4H3,(H,29,30,31)/b9-7-. The summed E-state index contributed by atoms with van der Waals surface area (Å²) in [5.41, 5.74) is 5.37. The molecule has 0 unspecified atom stereocenters. The molecule has 2 aliphatic rings. The number of likely N-dealkylation sites (tertiary alicyclic amines) is 1. The number of H-pyrrole nitrogens is 1. The minimum Gasteiger partial charge on any atom is -0.377 e. The summed E-state index contributed by atoms with van der Waals surface area (Å²) in [6.45, 7) is 10.4. The van der Waals surface area contributed by atoms with Gasteiger partial charge in [-0.1, -0.05) is 50.6 Å². The molecule has 1 aromatic heterocycles. The minimum atomic E-state index is 0.124. The van der Waals surface area contributed by atoms with E-state index in [1.807, 2.05) is 4.90 Å². The molecule has 2 fully saturated rings. The van der Waals surface area contributed by atoms with E-state index in [2.05, 4.69) is 59.9 Å². The average Bonchev–Trinajstić information content (AvgIpc) is 3.29. The van der Waals surface area contributed by atoms with Crippen LogP contribution in [-0.4, -0.2) is 46.2 Å². The number of hydrogen-bond acceptors (Lipinski definition) is 4. The molecule has 0 spiro atoms. The number of nitrogens with zero attached hydrogens (tertiary/aromatic N) is 3. The van der Waals surface area contributed by atoms with E-state index < -0.39 is 0 Å². The van der Waals surface area contributed by atoms with Gasteiger partial charge in [0.05, 0.1) is 0 Å². The third kappa shape index (κ3) is 5.17. The van der Waals surface area contributed by atoms with Gasteiger partial charge in [0.25, 0.3) is 5.91 Å². The number of benzene rings is 1. The van der Waals surface area contributed by atoms with Gasteiger partial charge in [-0.3, -0.25) is 9.89 Å². The molecule has 0 radical (unpaired) electrons. The van der Waals surface area contributed by atoms with Crippen LogP contribution in [-0.2, 0) is 17.8 Å². The number of amides is 1. The predicted octanol–water partition coefficient (Wildman–Crippen LogP) is 5.82. The van der Waals surface area contributed by atoms with E-state index in [-0.39, 0.29) is 5.91 Å². The van der Waals surface area contributed by atoms with Crippen molar-refractivity contribution in [2.24, 2.45) is 5.92 Å². The van der Waals surface area contributed by atoms with E-state index in [0.717, 1.165) is 55.5 Å². The maximum Gasteiger partial charge on any atom is 0.254 e. The Morgan fingerprint density at radius 3 is 2.62 bits per heavy atom. The van der Waals surface area contributed by atoms with Crippen LogP contribution in [0, 0.1) is 5.92 Å². The van der Waals surface area contributed by atoms with Crippen molar-refractivity contribution in [2.75, 3.05) is 20.2 Å². The smallest absolute Gasteiger partial charge is 0.254 e. The van der Waals surface area contributed by atoms with E-state index in [4.69, 9.17) is 4.74 Å². The Bertz CT molecular complexity index is 1040. The van der Waals surface area contributed by atoms with Gasteiger partial charge >= 0.3 is 0 Å². The van der Waals surface area contributed by atoms with Crippen molar-refractivity contribution in [3.05, 3.63) is 59.0 Å². The summed E-state index contributed by atoms with van der Waals surface area (Å²) >= 11 is 0. The molecule has 1 aliphatic heterocycles. The number of carbonyl (C=O) groups is 1. The molecular weight excluding hydrogens is 424 g/mol. The molecule has 6 nitrogen and oxygen atoms in total. The first-order valence-electron chi connectivity index (χ1n) is 12.8. The molecule has 0 atom stereocenters. The predicted molar refractivity (Wildman–Crippen MR) is 136 cm³/mol. The van der Waals surface area contributed by atoms with E-state index in [1.165, 1.54) is 30.4 Å². The number of hydrogen-bond donors (Lipinski definition) is 1. The number of allylic oxidation sites excluding steroid dienone is 3. The molecule has 34 heavy (non-hydrogen) atoms. The number of carbonyl (C=O) groups excluding carboxylic acids is 1. The van der Waals surface area contributed by atoms with E-state index in [0.29, 0.717) is 30.1 Å². The summed E-state index contributed by atoms with van der Waals surface area (Å²) in [6, 6.07) is 4.31. The van der Waals surface area contributed by atoms with Crippen LogP contribution in [0.1, 0.15) is 85.6 Å². The van der Waals surface area contributed by atoms with Gasteiger partial charge in [0, 0.05) is 31.3 Å². The number of aromatic amines is 1. The largest absolute Gasteiger partial charge is 0.377 e. The van der Waals surface area contributed by atoms with Gasteiger partial charge in [-0.15, -0.1) is 0 Å². The van der Waals surface area contributed by atoms with Crippen molar-refractivity contribution < 1.29 is 9.53 Å². The van der Waals surface area contributed by atoms with E-state index in [1.54, 1.807) is 7.11 Å². The lowest BCUT2D eigenvalue weighted by Gasteiger charge is -2.33. The Morgan fingerprint density at radius 1 is 1.24 bits per heavy atom. The zero-order valence-electron chi connectivity index (χ0n) is 20.9. The molecule has 0 bridgehead atoms. The van der Waals surface area contributed by atoms with Crippen LogP contribution in [0.15, 0.2) is 36.4 Å². The maximum atomic E-state index is 13.7. The fourth-order valence-electron chi connectivity index (χ4n) is 5.05. The second-order valence-electron chi connectivity index (χ2n) is 9.57. The molecule has 6 heteroatoms. The highest BCUT2D eigenvalue weighted by Gasteiger charge is 2.29. The molecule has 1 amide bonds. The van der Waals surface area contributed by atoms with Gasteiger partial charge in [0.2, 0.25) is 0 Å². The van der Waals surface area contributed by atoms with Crippen molar-refractivity contribution >= 4 is 5.91 Å². The molecule has 2 heterocycles. The molecule has 1 aromatic carbocycles. The van der Waals surface area contributed by atoms with Crippen LogP contribution < -0.4 is 0 Å². The van der Waals surface area contributed by atoms with Crippen molar-refractivity contribution in [3.8, 4) is 11.4 Å². The lowest BCUT2D eigenvalue weighted by atomic mass is 9.76. The summed E-state index contributed by atoms with van der Waals surface area (Å²) in [5, 5.41) is 7.45. The number of aromatic nitrogens is 3. The summed E-state index contributed by atoms with van der Waals surface area (Å²) in [6.07, 6.45) is 11.7. The number of nitrogens with one attached hydrogen (secondary N) is 1. The van der Waals surface area contributed by atoms with Crippen LogP contribution in [0.4, 0.5) is 0 Å². The Hall–Kier alpha value is -2.73. The van der Waals surface area contributed by atoms with Crippen LogP contribution in [0.2, 0.25) is 0 Å². The molecule has 2 aromatic rings. The fraction of sp³-hybridized carbons (Fsp3) is 0.536. The van der Waals surface area contributed by atoms with E-state index >= 15 is 0 Å². The second-order valence-corrected chi connectivity index (χ2v) is 9.57. The molecule has 1 saturated carbocycles. The first kappa shape index (κ1) is 24.4. The van der Waals surface area contributed by atoms with E-state index in [9.17, 15) is 4.79 Å². The zero-order valence-corrected chi connectivity index (χ0v) is 20.9. The van der Waals surface area contributed by atoms with Crippen LogP contribution in [0.3, 0.4) is 0 Å². The van der Waals surface area contributed by atoms with Gasteiger partial charge in [0.1, 0.15) is 6.61 Å². The van der Waals surface area contributed by atoms with Crippen molar-refractivity contribution in [1.29, 1.82) is 0 Å². The topological polar surface area (TPSA) is 71.1 Å². The van der Waals surface area contributed by atoms with Gasteiger partial charge in [-0.05, 0) is 67.6 Å². The second kappa shape index (κ2) is 11.1. The van der Waals surface area contributed by atoms with Gasteiger partial charge in [-0.2, -0.15) is 5.10 Å². The Labute approximate surface area is 203 Å². The molecule has 1 aliphatic carbocycles. The Kier molecular flexibility index (Phi) is 7.99. The molecule has 4 rings (SSSR count). The fourth-order valence-corrected chi connectivity index (χ4v) is 5.05. The van der Waals surface area contributed by atoms with Crippen molar-refractivity contribution in [1.82, 2.24) is 20.1 Å². The lowest BCUT2D eigenvalue weighted by molar-refractivity contribution is 0.0702. The molecule has 1 N–H and O–H groups in total. The Balaban J connectivity index is 1.60. The van der Waals surface area contributed by atoms with Crippen LogP contribution in [0.5, 0.6) is 0 Å². The third-order valence-corrected chi connectivity index (χ3v) is 7.36. The highest BCUT2D eigenvalue weighted by molar-refractivity contribution is 5.97. The monoisotopic (exact) mass is 462 g/mol. The number of methoxy groups -OCH3 is 1. The van der Waals surface area contributed by atoms with Gasteiger partial charge in [-0.25, -0.2) is 4.98 Å². The SMILES string of the molecule is C=C(/C=C\CC)C1CCN(C(=O)c2cc(-c3n[nH]c(COC)n3)c(C3CCC3)cc2CC)CC1. The minimum absolute atomic E-state index is 0.124. The summed E-state index contributed by atoms with van der Waals surface area (Å²) in [7, 11) is 1.65. The summed E-state index contributed by atoms with van der Waals surface area (Å²) in [4.78, 5) is 20.4. The first-order valence-corrected chi connectivity index (χ1v) is 12.8. The molecule has 182 valence electrons. The van der Waals surface area contributed by atoms with Crippen LogP contribution in [0.25, 0.3) is 11.4 Å². The summed E-state index contributed by atoms with van der Waals surface area (Å²) in [5.74, 6) is 2.46. The Morgan fingerprint density at radius 2 is 2.00 bits per heavy atom. The van der Waals surface area contributed by atoms with Crippen molar-refractivity contribution in [2.45, 2.75) is 71.3 Å².